The fraction of sp³-hybridized carbons (Fsp3) is 0.174. The van der Waals surface area contributed by atoms with Crippen LogP contribution in [0.25, 0.3) is 10.4 Å². The lowest BCUT2D eigenvalue weighted by atomic mass is 10.1. The molecule has 7 heteroatoms. The smallest absolute Gasteiger partial charge is 0.255 e. The van der Waals surface area contributed by atoms with Crippen LogP contribution in [-0.2, 0) is 4.79 Å². The van der Waals surface area contributed by atoms with Gasteiger partial charge in [-0.15, -0.1) is 11.3 Å². The van der Waals surface area contributed by atoms with Gasteiger partial charge in [-0.2, -0.15) is 5.26 Å². The minimum atomic E-state index is -0.349. The number of thiophene rings is 1. The molecule has 1 fully saturated rings. The van der Waals surface area contributed by atoms with Crippen LogP contribution in [0.1, 0.15) is 28.6 Å². The number of benzene rings is 2. The number of carbonyl (C=O) groups excluding carboxylic acids is 2. The first kappa shape index (κ1) is 20.1. The van der Waals surface area contributed by atoms with E-state index in [0.717, 1.165) is 16.9 Å². The van der Waals surface area contributed by atoms with Crippen molar-refractivity contribution in [3.8, 4) is 16.5 Å². The fourth-order valence-electron chi connectivity index (χ4n) is 3.21. The molecular weight excluding hydrogens is 418 g/mol. The van der Waals surface area contributed by atoms with E-state index >= 15 is 0 Å². The third kappa shape index (κ3) is 4.38. The monoisotopic (exact) mass is 435 g/mol. The molecular formula is C23H18ClN3O2S. The van der Waals surface area contributed by atoms with Crippen molar-refractivity contribution < 1.29 is 9.59 Å². The zero-order chi connectivity index (χ0) is 21.3. The van der Waals surface area contributed by atoms with Crippen molar-refractivity contribution in [3.63, 3.8) is 0 Å². The Morgan fingerprint density at radius 1 is 1.13 bits per heavy atom. The fourth-order valence-corrected chi connectivity index (χ4v) is 4.30. The summed E-state index contributed by atoms with van der Waals surface area (Å²) in [5, 5.41) is 15.7. The average Bonchev–Trinajstić information content (AvgIpc) is 3.33. The lowest BCUT2D eigenvalue weighted by molar-refractivity contribution is -0.117. The number of carbonyl (C=O) groups is 2. The quantitative estimate of drug-likeness (QED) is 0.532. The molecule has 2 amide bonds. The van der Waals surface area contributed by atoms with E-state index in [2.05, 4.69) is 16.7 Å². The maximum absolute atomic E-state index is 12.8. The van der Waals surface area contributed by atoms with Crippen LogP contribution in [0, 0.1) is 23.2 Å². The number of amides is 2. The average molecular weight is 436 g/mol. The van der Waals surface area contributed by atoms with E-state index in [1.165, 1.54) is 11.3 Å². The minimum absolute atomic E-state index is 0.0178. The number of anilines is 2. The summed E-state index contributed by atoms with van der Waals surface area (Å²) < 4.78 is 0. The molecule has 0 unspecified atom stereocenters. The van der Waals surface area contributed by atoms with Crippen LogP contribution in [0.15, 0.2) is 54.6 Å². The SMILES string of the molecule is C[C@H]1C[C@@H]1C(=O)Nc1cccc(C(=O)Nc2cc(-c3cccc(Cl)c3)sc2C#N)c1. The Bertz CT molecular complexity index is 1180. The van der Waals surface area contributed by atoms with Gasteiger partial charge in [-0.05, 0) is 54.3 Å². The second-order valence-corrected chi connectivity index (χ2v) is 8.81. The lowest BCUT2D eigenvalue weighted by Crippen LogP contribution is -2.16. The Hall–Kier alpha value is -3.14. The van der Waals surface area contributed by atoms with Crippen molar-refractivity contribution in [2.24, 2.45) is 11.8 Å². The second-order valence-electron chi connectivity index (χ2n) is 7.32. The molecule has 0 saturated heterocycles. The van der Waals surface area contributed by atoms with Crippen molar-refractivity contribution in [2.45, 2.75) is 13.3 Å². The molecule has 0 bridgehead atoms. The predicted molar refractivity (Wildman–Crippen MR) is 120 cm³/mol. The van der Waals surface area contributed by atoms with Crippen molar-refractivity contribution >= 4 is 46.1 Å². The molecule has 1 saturated carbocycles. The van der Waals surface area contributed by atoms with E-state index in [1.54, 1.807) is 36.4 Å². The molecule has 1 aliphatic rings. The summed E-state index contributed by atoms with van der Waals surface area (Å²) in [6.07, 6.45) is 0.899. The predicted octanol–water partition coefficient (Wildman–Crippen LogP) is 5.79. The standard InChI is InChI=1S/C23H18ClN3O2S/c1-13-8-18(13)23(29)26-17-7-3-5-15(10-17)22(28)27-19-11-20(30-21(19)12-25)14-4-2-6-16(24)9-14/h2-7,9-11,13,18H,8H2,1H3,(H,26,29)(H,27,28)/t13-,18-/m0/s1. The molecule has 5 nitrogen and oxygen atoms in total. The molecule has 1 aliphatic carbocycles. The minimum Gasteiger partial charge on any atom is -0.326 e. The molecule has 1 heterocycles. The molecule has 0 aliphatic heterocycles. The summed E-state index contributed by atoms with van der Waals surface area (Å²) in [5.41, 5.74) is 2.31. The number of nitrogens with one attached hydrogen (secondary N) is 2. The van der Waals surface area contributed by atoms with Gasteiger partial charge >= 0.3 is 0 Å². The molecule has 2 aromatic carbocycles. The van der Waals surface area contributed by atoms with Crippen LogP contribution in [0.4, 0.5) is 11.4 Å². The van der Waals surface area contributed by atoms with Gasteiger partial charge in [-0.3, -0.25) is 9.59 Å². The van der Waals surface area contributed by atoms with Gasteiger partial charge in [0, 0.05) is 27.1 Å². The molecule has 30 heavy (non-hydrogen) atoms. The Balaban J connectivity index is 1.52. The van der Waals surface area contributed by atoms with Crippen molar-refractivity contribution in [3.05, 3.63) is 70.1 Å². The van der Waals surface area contributed by atoms with Gasteiger partial charge in [-0.1, -0.05) is 36.7 Å². The molecule has 0 spiro atoms. The van der Waals surface area contributed by atoms with Gasteiger partial charge in [-0.25, -0.2) is 0 Å². The lowest BCUT2D eigenvalue weighted by Gasteiger charge is -2.08. The second kappa shape index (κ2) is 8.31. The van der Waals surface area contributed by atoms with E-state index in [1.807, 2.05) is 25.1 Å². The molecule has 2 atom stereocenters. The highest BCUT2D eigenvalue weighted by molar-refractivity contribution is 7.16. The van der Waals surface area contributed by atoms with Crippen LogP contribution >= 0.6 is 22.9 Å². The van der Waals surface area contributed by atoms with Gasteiger partial charge in [0.05, 0.1) is 5.69 Å². The molecule has 2 N–H and O–H groups in total. The number of halogens is 1. The number of nitriles is 1. The summed E-state index contributed by atoms with van der Waals surface area (Å²) in [6.45, 7) is 2.04. The van der Waals surface area contributed by atoms with E-state index in [-0.39, 0.29) is 17.7 Å². The highest BCUT2D eigenvalue weighted by Gasteiger charge is 2.39. The third-order valence-electron chi connectivity index (χ3n) is 5.03. The first-order chi connectivity index (χ1) is 14.4. The van der Waals surface area contributed by atoms with E-state index in [9.17, 15) is 14.9 Å². The summed E-state index contributed by atoms with van der Waals surface area (Å²) in [6, 6.07) is 18.0. The van der Waals surface area contributed by atoms with Crippen molar-refractivity contribution in [1.29, 1.82) is 5.26 Å². The number of hydrogen-bond donors (Lipinski definition) is 2. The zero-order valence-electron chi connectivity index (χ0n) is 16.1. The van der Waals surface area contributed by atoms with Crippen LogP contribution in [0.3, 0.4) is 0 Å². The Kier molecular flexibility index (Phi) is 5.58. The first-order valence-corrected chi connectivity index (χ1v) is 10.7. The van der Waals surface area contributed by atoms with Crippen LogP contribution in [0.5, 0.6) is 0 Å². The topological polar surface area (TPSA) is 82.0 Å². The van der Waals surface area contributed by atoms with Gasteiger partial charge < -0.3 is 10.6 Å². The maximum Gasteiger partial charge on any atom is 0.255 e. The number of nitrogens with zero attached hydrogens (tertiary/aromatic N) is 1. The molecule has 4 rings (SSSR count). The molecule has 3 aromatic rings. The van der Waals surface area contributed by atoms with Crippen LogP contribution < -0.4 is 10.6 Å². The highest BCUT2D eigenvalue weighted by atomic mass is 35.5. The maximum atomic E-state index is 12.8. The summed E-state index contributed by atoms with van der Waals surface area (Å²) in [5.74, 6) is 0.0956. The van der Waals surface area contributed by atoms with E-state index in [4.69, 9.17) is 11.6 Å². The molecule has 1 aromatic heterocycles. The third-order valence-corrected chi connectivity index (χ3v) is 6.35. The summed E-state index contributed by atoms with van der Waals surface area (Å²) in [4.78, 5) is 26.2. The highest BCUT2D eigenvalue weighted by Crippen LogP contribution is 2.38. The zero-order valence-corrected chi connectivity index (χ0v) is 17.7. The first-order valence-electron chi connectivity index (χ1n) is 9.47. The van der Waals surface area contributed by atoms with E-state index in [0.29, 0.717) is 32.8 Å². The summed E-state index contributed by atoms with van der Waals surface area (Å²) >= 11 is 7.35. The Morgan fingerprint density at radius 2 is 1.90 bits per heavy atom. The van der Waals surface area contributed by atoms with Gasteiger partial charge in [0.25, 0.3) is 5.91 Å². The van der Waals surface area contributed by atoms with Crippen LogP contribution in [0.2, 0.25) is 5.02 Å². The largest absolute Gasteiger partial charge is 0.326 e. The summed E-state index contributed by atoms with van der Waals surface area (Å²) in [7, 11) is 0. The van der Waals surface area contributed by atoms with Gasteiger partial charge in [0.15, 0.2) is 0 Å². The van der Waals surface area contributed by atoms with E-state index < -0.39 is 0 Å². The molecule has 0 radical (unpaired) electrons. The van der Waals surface area contributed by atoms with Crippen LogP contribution in [-0.4, -0.2) is 11.8 Å². The van der Waals surface area contributed by atoms with Gasteiger partial charge in [0.1, 0.15) is 10.9 Å². The molecule has 150 valence electrons. The van der Waals surface area contributed by atoms with Crippen molar-refractivity contribution in [2.75, 3.05) is 10.6 Å². The number of rotatable bonds is 5. The Morgan fingerprint density at radius 3 is 2.60 bits per heavy atom. The van der Waals surface area contributed by atoms with Crippen molar-refractivity contribution in [1.82, 2.24) is 0 Å². The Labute approximate surface area is 183 Å². The normalized spacial score (nSPS) is 17.1. The van der Waals surface area contributed by atoms with Gasteiger partial charge in [0.2, 0.25) is 5.91 Å². The number of hydrogen-bond acceptors (Lipinski definition) is 4.